The molecule has 0 aliphatic carbocycles. The molecule has 0 saturated carbocycles. The number of hydrogen-bond donors (Lipinski definition) is 0. The van der Waals surface area contributed by atoms with Crippen molar-refractivity contribution < 1.29 is 9.59 Å². The summed E-state index contributed by atoms with van der Waals surface area (Å²) in [6.45, 7) is 0. The van der Waals surface area contributed by atoms with Crippen molar-refractivity contribution in [2.24, 2.45) is 10.9 Å². The van der Waals surface area contributed by atoms with E-state index in [0.717, 1.165) is 10.6 Å². The number of benzene rings is 2. The third-order valence-corrected chi connectivity index (χ3v) is 5.98. The molecule has 0 bridgehead atoms. The number of carbonyl (C=O) groups excluding carboxylic acids is 2. The van der Waals surface area contributed by atoms with Crippen molar-refractivity contribution in [3.63, 3.8) is 0 Å². The fraction of sp³-hybridized carbons (Fsp3) is 0.250. The van der Waals surface area contributed by atoms with Crippen molar-refractivity contribution in [1.82, 2.24) is 4.90 Å². The highest BCUT2D eigenvalue weighted by Gasteiger charge is 2.55. The first-order chi connectivity index (χ1) is 12.6. The molecule has 0 N–H and O–H groups in total. The fourth-order valence-corrected chi connectivity index (χ4v) is 4.71. The first-order valence-electron chi connectivity index (χ1n) is 8.47. The Hall–Kier alpha value is -2.44. The molecule has 26 heavy (non-hydrogen) atoms. The predicted octanol–water partition coefficient (Wildman–Crippen LogP) is 2.63. The van der Waals surface area contributed by atoms with E-state index >= 15 is 0 Å². The van der Waals surface area contributed by atoms with Gasteiger partial charge in [0.15, 0.2) is 0 Å². The van der Waals surface area contributed by atoms with Crippen molar-refractivity contribution in [2.75, 3.05) is 19.0 Å². The molecule has 6 heteroatoms. The Morgan fingerprint density at radius 2 is 1.54 bits per heavy atom. The number of amides is 2. The van der Waals surface area contributed by atoms with Gasteiger partial charge in [-0.1, -0.05) is 60.3 Å². The third-order valence-electron chi connectivity index (χ3n) is 4.67. The lowest BCUT2D eigenvalue weighted by Crippen LogP contribution is -2.44. The third kappa shape index (κ3) is 2.75. The molecule has 2 amide bonds. The van der Waals surface area contributed by atoms with Crippen LogP contribution in [0.5, 0.6) is 0 Å². The number of hydrogen-bond acceptors (Lipinski definition) is 5. The molecule has 4 rings (SSSR count). The SMILES string of the molecule is CN(C)[C@H]1N=C(c2ccccc2)S[C@H]2C(=O)N(c3ccccc3)C(=O)[C@H]21. The smallest absolute Gasteiger partial charge is 0.248 e. The second-order valence-corrected chi connectivity index (χ2v) is 7.72. The predicted molar refractivity (Wildman–Crippen MR) is 104 cm³/mol. The topological polar surface area (TPSA) is 53.0 Å². The maximum atomic E-state index is 13.1. The lowest BCUT2D eigenvalue weighted by atomic mass is 10.0. The molecule has 0 spiro atoms. The monoisotopic (exact) mass is 365 g/mol. The molecule has 2 heterocycles. The van der Waals surface area contributed by atoms with Gasteiger partial charge in [0.25, 0.3) is 0 Å². The number of carbonyl (C=O) groups is 2. The molecular weight excluding hydrogens is 346 g/mol. The largest absolute Gasteiger partial charge is 0.287 e. The summed E-state index contributed by atoms with van der Waals surface area (Å²) < 4.78 is 0. The van der Waals surface area contributed by atoms with E-state index in [-0.39, 0.29) is 18.0 Å². The van der Waals surface area contributed by atoms with E-state index in [9.17, 15) is 9.59 Å². The van der Waals surface area contributed by atoms with Crippen LogP contribution in [0, 0.1) is 5.92 Å². The summed E-state index contributed by atoms with van der Waals surface area (Å²) in [4.78, 5) is 34.3. The molecule has 1 fully saturated rings. The van der Waals surface area contributed by atoms with Crippen LogP contribution in [0.15, 0.2) is 65.7 Å². The van der Waals surface area contributed by atoms with Crippen LogP contribution in [0.2, 0.25) is 0 Å². The van der Waals surface area contributed by atoms with E-state index in [1.165, 1.54) is 16.7 Å². The van der Waals surface area contributed by atoms with E-state index in [1.807, 2.05) is 67.5 Å². The van der Waals surface area contributed by atoms with Crippen molar-refractivity contribution >= 4 is 34.3 Å². The summed E-state index contributed by atoms with van der Waals surface area (Å²) in [6, 6.07) is 18.9. The van der Waals surface area contributed by atoms with Gasteiger partial charge in [0.2, 0.25) is 11.8 Å². The summed E-state index contributed by atoms with van der Waals surface area (Å²) in [5.41, 5.74) is 1.59. The standard InChI is InChI=1S/C20H19N3O2S/c1-22(2)17-15-16(26-18(21-17)13-9-5-3-6-10-13)20(25)23(19(15)24)14-11-7-4-8-12-14/h3-12,15-17H,1-2H3/t15-,16-,17-/m1/s1. The van der Waals surface area contributed by atoms with Gasteiger partial charge in [-0.3, -0.25) is 19.5 Å². The summed E-state index contributed by atoms with van der Waals surface area (Å²) in [6.07, 6.45) is -0.360. The van der Waals surface area contributed by atoms with Crippen LogP contribution in [0.4, 0.5) is 5.69 Å². The van der Waals surface area contributed by atoms with Gasteiger partial charge in [-0.05, 0) is 26.2 Å². The lowest BCUT2D eigenvalue weighted by Gasteiger charge is -2.32. The zero-order chi connectivity index (χ0) is 18.3. The quantitative estimate of drug-likeness (QED) is 0.785. The molecule has 5 nitrogen and oxygen atoms in total. The molecule has 0 aromatic heterocycles. The molecule has 0 unspecified atom stereocenters. The molecule has 0 radical (unpaired) electrons. The first kappa shape index (κ1) is 17.0. The number of anilines is 1. The number of fused-ring (bicyclic) bond motifs is 1. The number of thioether (sulfide) groups is 1. The Morgan fingerprint density at radius 1 is 0.923 bits per heavy atom. The van der Waals surface area contributed by atoms with Gasteiger partial charge in [-0.25, -0.2) is 4.90 Å². The molecule has 2 aliphatic rings. The lowest BCUT2D eigenvalue weighted by molar-refractivity contribution is -0.123. The van der Waals surface area contributed by atoms with Crippen LogP contribution in [0.25, 0.3) is 0 Å². The van der Waals surface area contributed by atoms with Crippen LogP contribution in [0.1, 0.15) is 5.56 Å². The van der Waals surface area contributed by atoms with Crippen molar-refractivity contribution in [1.29, 1.82) is 0 Å². The van der Waals surface area contributed by atoms with E-state index in [2.05, 4.69) is 0 Å². The summed E-state index contributed by atoms with van der Waals surface area (Å²) in [5, 5.41) is 0.351. The average molecular weight is 365 g/mol. The second kappa shape index (κ2) is 6.70. The number of para-hydroxylation sites is 1. The van der Waals surface area contributed by atoms with Gasteiger partial charge >= 0.3 is 0 Å². The van der Waals surface area contributed by atoms with E-state index in [1.54, 1.807) is 12.1 Å². The Labute approximate surface area is 156 Å². The average Bonchev–Trinajstić information content (AvgIpc) is 2.93. The van der Waals surface area contributed by atoms with Crippen molar-refractivity contribution in [3.8, 4) is 0 Å². The highest BCUT2D eigenvalue weighted by atomic mass is 32.2. The minimum Gasteiger partial charge on any atom is -0.287 e. The minimum atomic E-state index is -0.477. The Balaban J connectivity index is 1.75. The first-order valence-corrected chi connectivity index (χ1v) is 9.35. The molecule has 132 valence electrons. The van der Waals surface area contributed by atoms with Gasteiger partial charge in [0.1, 0.15) is 16.5 Å². The van der Waals surface area contributed by atoms with E-state index in [0.29, 0.717) is 5.69 Å². The zero-order valence-corrected chi connectivity index (χ0v) is 15.4. The van der Waals surface area contributed by atoms with Gasteiger partial charge in [-0.2, -0.15) is 0 Å². The number of rotatable bonds is 3. The maximum absolute atomic E-state index is 13.1. The molecule has 2 aromatic carbocycles. The summed E-state index contributed by atoms with van der Waals surface area (Å²) in [5.74, 6) is -0.810. The Kier molecular flexibility index (Phi) is 4.38. The van der Waals surface area contributed by atoms with Crippen LogP contribution >= 0.6 is 11.8 Å². The Bertz CT molecular complexity index is 867. The molecule has 2 aliphatic heterocycles. The van der Waals surface area contributed by atoms with Crippen molar-refractivity contribution in [2.45, 2.75) is 11.4 Å². The van der Waals surface area contributed by atoms with Crippen LogP contribution in [-0.2, 0) is 9.59 Å². The number of nitrogens with zero attached hydrogens (tertiary/aromatic N) is 3. The van der Waals surface area contributed by atoms with Gasteiger partial charge in [-0.15, -0.1) is 0 Å². The van der Waals surface area contributed by atoms with Gasteiger partial charge in [0.05, 0.1) is 11.6 Å². The van der Waals surface area contributed by atoms with Crippen LogP contribution in [0.3, 0.4) is 0 Å². The summed E-state index contributed by atoms with van der Waals surface area (Å²) >= 11 is 1.40. The fourth-order valence-electron chi connectivity index (χ4n) is 3.42. The second-order valence-electron chi connectivity index (χ2n) is 6.59. The highest BCUT2D eigenvalue weighted by Crippen LogP contribution is 2.42. The molecular formula is C20H19N3O2S. The van der Waals surface area contributed by atoms with Crippen LogP contribution < -0.4 is 4.90 Å². The number of imide groups is 1. The molecule has 2 aromatic rings. The highest BCUT2D eigenvalue weighted by molar-refractivity contribution is 8.15. The zero-order valence-electron chi connectivity index (χ0n) is 14.6. The summed E-state index contributed by atoms with van der Waals surface area (Å²) in [7, 11) is 3.79. The molecule has 1 saturated heterocycles. The normalized spacial score (nSPS) is 25.4. The van der Waals surface area contributed by atoms with Gasteiger partial charge in [0, 0.05) is 5.56 Å². The maximum Gasteiger partial charge on any atom is 0.248 e. The molecule has 3 atom stereocenters. The van der Waals surface area contributed by atoms with E-state index in [4.69, 9.17) is 4.99 Å². The van der Waals surface area contributed by atoms with Gasteiger partial charge < -0.3 is 0 Å². The Morgan fingerprint density at radius 3 is 2.15 bits per heavy atom. The van der Waals surface area contributed by atoms with E-state index < -0.39 is 11.2 Å². The number of aliphatic imine (C=N–C) groups is 1. The minimum absolute atomic E-state index is 0.161. The van der Waals surface area contributed by atoms with Crippen LogP contribution in [-0.4, -0.2) is 47.3 Å². The van der Waals surface area contributed by atoms with Crippen molar-refractivity contribution in [3.05, 3.63) is 66.2 Å².